The molecule has 10 nitrogen and oxygen atoms in total. The molecular weight excluding hydrogens is 379 g/mol. The fourth-order valence-corrected chi connectivity index (χ4v) is 3.41. The second-order valence-corrected chi connectivity index (χ2v) is 7.44. The van der Waals surface area contributed by atoms with Gasteiger partial charge in [0.1, 0.15) is 0 Å². The number of nitrogens with zero attached hydrogens (tertiary/aromatic N) is 1. The number of rotatable bonds is 6. The monoisotopic (exact) mass is 385 g/mol. The smallest absolute Gasteiger partial charge is 0.810 e. The Balaban J connectivity index is -0.000000187. The predicted molar refractivity (Wildman–Crippen MR) is 39.3 cm³/mol. The van der Waals surface area contributed by atoms with Gasteiger partial charge >= 0.3 is 118 Å². The van der Waals surface area contributed by atoms with Crippen LogP contribution in [-0.4, -0.2) is 23.8 Å². The molecule has 0 atom stereocenters. The van der Waals surface area contributed by atoms with Gasteiger partial charge in [0.2, 0.25) is 0 Å². The summed E-state index contributed by atoms with van der Waals surface area (Å²) in [6.07, 6.45) is -4.55. The molecule has 0 unspecified atom stereocenters. The maximum absolute atomic E-state index is 10.3. The van der Waals surface area contributed by atoms with Gasteiger partial charge in [0, 0.05) is 18.9 Å². The third-order valence-electron chi connectivity index (χ3n) is 1.12. The van der Waals surface area contributed by atoms with Crippen LogP contribution < -0.4 is 148 Å². The second-order valence-electron chi connectivity index (χ2n) is 2.93. The van der Waals surface area contributed by atoms with Gasteiger partial charge in [-0.15, -0.1) is 0 Å². The van der Waals surface area contributed by atoms with Gasteiger partial charge in [-0.3, -0.25) is 4.90 Å². The summed E-state index contributed by atoms with van der Waals surface area (Å²) in [4.78, 5) is 61.5. The van der Waals surface area contributed by atoms with Crippen molar-refractivity contribution < 1.29 is 161 Å². The topological polar surface area (TPSA) is 193 Å². The van der Waals surface area contributed by atoms with E-state index in [1.165, 1.54) is 0 Å². The average Bonchev–Trinajstić information content (AvgIpc) is 1.70. The van der Waals surface area contributed by atoms with Crippen molar-refractivity contribution in [2.75, 3.05) is 18.9 Å². The molecule has 0 bridgehead atoms. The molecule has 0 saturated heterocycles. The number of hydrogen-bond donors (Lipinski definition) is 0. The first-order chi connectivity index (χ1) is 6.79. The predicted octanol–water partition coefficient (Wildman–Crippen LogP) is -17.1. The van der Waals surface area contributed by atoms with Crippen LogP contribution in [0.1, 0.15) is 0 Å². The standard InChI is InChI=1S/C3H12NO9P3.4Na/c5-14(6,7)1-4(2-15(8,9)10)3-16(11,12)13;;;;/h1-3H2,(H2,5,6,7)(H2,8,9,10)(H2,11,12,13);;;;/q;4*+1/p-6. The normalized spacial score (nSPS) is 11.6. The Morgan fingerprint density at radius 3 is 0.800 bits per heavy atom. The van der Waals surface area contributed by atoms with Gasteiger partial charge in [0.15, 0.2) is 0 Å². The van der Waals surface area contributed by atoms with Gasteiger partial charge in [-0.05, 0) is 0 Å². The molecule has 0 saturated carbocycles. The molecule has 0 N–H and O–H groups in total. The number of hydrogen-bond acceptors (Lipinski definition) is 10. The third kappa shape index (κ3) is 27.3. The summed E-state index contributed by atoms with van der Waals surface area (Å²) in [5.74, 6) is 0. The van der Waals surface area contributed by atoms with E-state index in [2.05, 4.69) is 0 Å². The fraction of sp³-hybridized carbons (Fsp3) is 1.00. The summed E-state index contributed by atoms with van der Waals surface area (Å²) in [6, 6.07) is 0. The Labute approximate surface area is 204 Å². The zero-order chi connectivity index (χ0) is 13.2. The van der Waals surface area contributed by atoms with E-state index in [0.29, 0.717) is 0 Å². The van der Waals surface area contributed by atoms with Crippen LogP contribution in [0.2, 0.25) is 0 Å². The van der Waals surface area contributed by atoms with Crippen LogP contribution in [-0.2, 0) is 13.7 Å². The molecule has 17 heteroatoms. The first-order valence-corrected chi connectivity index (χ1v) is 8.72. The van der Waals surface area contributed by atoms with Crippen molar-refractivity contribution in [3.63, 3.8) is 0 Å². The zero-order valence-corrected chi connectivity index (χ0v) is 22.3. The van der Waals surface area contributed by atoms with Gasteiger partial charge in [0.05, 0.1) is 0 Å². The Morgan fingerprint density at radius 1 is 0.550 bits per heavy atom. The van der Waals surface area contributed by atoms with Crippen LogP contribution in [0.5, 0.6) is 0 Å². The molecule has 0 spiro atoms. The Hall–Kier alpha value is 4.41. The van der Waals surface area contributed by atoms with Crippen LogP contribution in [0.25, 0.3) is 0 Å². The van der Waals surface area contributed by atoms with E-state index in [1.54, 1.807) is 0 Å². The molecule has 0 heterocycles. The van der Waals surface area contributed by atoms with Crippen molar-refractivity contribution in [2.24, 2.45) is 0 Å². The molecule has 0 aromatic carbocycles. The molecule has 0 aliphatic carbocycles. The molecule has 0 aromatic heterocycles. The second kappa shape index (κ2) is 14.6. The quantitative estimate of drug-likeness (QED) is 0.313. The first-order valence-electron chi connectivity index (χ1n) is 3.54. The molecule has 0 aromatic rings. The van der Waals surface area contributed by atoms with Gasteiger partial charge in [-0.25, -0.2) is 0 Å². The summed E-state index contributed by atoms with van der Waals surface area (Å²) in [7, 11) is -15.8. The van der Waals surface area contributed by atoms with E-state index < -0.39 is 41.6 Å². The first kappa shape index (κ1) is 35.5. The minimum absolute atomic E-state index is 0. The molecular formula is C3H6NNa4O9P3-2. The van der Waals surface area contributed by atoms with Crippen LogP contribution >= 0.6 is 22.8 Å². The van der Waals surface area contributed by atoms with Crippen LogP contribution in [0.15, 0.2) is 0 Å². The van der Waals surface area contributed by atoms with E-state index in [-0.39, 0.29) is 123 Å². The van der Waals surface area contributed by atoms with E-state index in [4.69, 9.17) is 0 Å². The molecule has 0 radical (unpaired) electrons. The van der Waals surface area contributed by atoms with E-state index in [1.807, 2.05) is 0 Å². The average molecular weight is 385 g/mol. The third-order valence-corrected chi connectivity index (χ3v) is 3.36. The summed E-state index contributed by atoms with van der Waals surface area (Å²) in [5.41, 5.74) is 0. The van der Waals surface area contributed by atoms with Crippen molar-refractivity contribution in [2.45, 2.75) is 0 Å². The minimum atomic E-state index is -5.27. The molecule has 98 valence electrons. The summed E-state index contributed by atoms with van der Waals surface area (Å²) in [6.45, 7) is 0. The summed E-state index contributed by atoms with van der Waals surface area (Å²) < 4.78 is 30.8. The molecule has 0 aliphatic rings. The molecule has 0 amide bonds. The zero-order valence-electron chi connectivity index (χ0n) is 11.6. The largest absolute Gasteiger partial charge is 1.00 e. The maximum atomic E-state index is 10.3. The van der Waals surface area contributed by atoms with Gasteiger partial charge in [0.25, 0.3) is 0 Å². The van der Waals surface area contributed by atoms with Gasteiger partial charge < -0.3 is 43.1 Å². The van der Waals surface area contributed by atoms with Gasteiger partial charge in [-0.1, -0.05) is 22.8 Å². The van der Waals surface area contributed by atoms with Crippen molar-refractivity contribution >= 4 is 22.8 Å². The Kier molecular flexibility index (Phi) is 25.9. The molecule has 20 heavy (non-hydrogen) atoms. The van der Waals surface area contributed by atoms with Crippen molar-refractivity contribution in [3.05, 3.63) is 0 Å². The van der Waals surface area contributed by atoms with Crippen molar-refractivity contribution in [1.82, 2.24) is 4.90 Å². The molecule has 0 fully saturated rings. The molecule has 0 rings (SSSR count). The Bertz CT molecular complexity index is 320. The van der Waals surface area contributed by atoms with Gasteiger partial charge in [-0.2, -0.15) is 0 Å². The van der Waals surface area contributed by atoms with Crippen LogP contribution in [0.4, 0.5) is 0 Å². The maximum Gasteiger partial charge on any atom is 1.00 e. The van der Waals surface area contributed by atoms with Crippen LogP contribution in [0, 0.1) is 0 Å². The van der Waals surface area contributed by atoms with Crippen LogP contribution in [0.3, 0.4) is 0 Å². The van der Waals surface area contributed by atoms with Crippen molar-refractivity contribution in [3.8, 4) is 0 Å². The Morgan fingerprint density at radius 2 is 0.700 bits per heavy atom. The van der Waals surface area contributed by atoms with E-state index in [9.17, 15) is 43.1 Å². The SMILES string of the molecule is O=P([O-])([O-])CN(CP(=O)([O-])[O-])CP(=O)([O-])[O-].[Na+].[Na+].[Na+].[Na+]. The summed E-state index contributed by atoms with van der Waals surface area (Å²) in [5, 5.41) is 0. The summed E-state index contributed by atoms with van der Waals surface area (Å²) >= 11 is 0. The minimum Gasteiger partial charge on any atom is -0.810 e. The molecule has 0 aliphatic heterocycles. The van der Waals surface area contributed by atoms with E-state index in [0.717, 1.165) is 0 Å². The van der Waals surface area contributed by atoms with Crippen molar-refractivity contribution in [1.29, 1.82) is 0 Å². The fourth-order valence-electron chi connectivity index (χ4n) is 0.869. The van der Waals surface area contributed by atoms with E-state index >= 15 is 0 Å².